The molecule has 5 atom stereocenters. The molecule has 0 bridgehead atoms. The Morgan fingerprint density at radius 1 is 0.944 bits per heavy atom. The number of carbonyl (C=O) groups is 2. The topological polar surface area (TPSA) is 164 Å². The highest BCUT2D eigenvalue weighted by Crippen LogP contribution is 2.33. The first kappa shape index (κ1) is 27.5. The molecule has 0 saturated carbocycles. The maximum atomic E-state index is 12.2. The van der Waals surface area contributed by atoms with Crippen LogP contribution in [0.15, 0.2) is 48.5 Å². The fraction of sp³-hybridized carbons (Fsp3) is 0.440. The van der Waals surface area contributed by atoms with Gasteiger partial charge >= 0.3 is 5.97 Å². The van der Waals surface area contributed by atoms with Gasteiger partial charge in [0, 0.05) is 12.1 Å². The molecule has 1 heterocycles. The van der Waals surface area contributed by atoms with Crippen LogP contribution in [0.25, 0.3) is 11.1 Å². The van der Waals surface area contributed by atoms with Gasteiger partial charge in [-0.25, -0.2) is 4.79 Å². The van der Waals surface area contributed by atoms with Crippen LogP contribution in [0.4, 0.5) is 0 Å². The van der Waals surface area contributed by atoms with Crippen LogP contribution in [-0.2, 0) is 19.0 Å². The monoisotopic (exact) mass is 505 g/mol. The molecule has 1 saturated heterocycles. The third-order valence-corrected chi connectivity index (χ3v) is 5.56. The summed E-state index contributed by atoms with van der Waals surface area (Å²) < 4.78 is 21.7. The van der Waals surface area contributed by atoms with E-state index in [1.54, 1.807) is 19.1 Å². The second kappa shape index (κ2) is 13.3. The van der Waals surface area contributed by atoms with E-state index in [4.69, 9.17) is 18.9 Å². The Morgan fingerprint density at radius 3 is 2.42 bits per heavy atom. The summed E-state index contributed by atoms with van der Waals surface area (Å²) in [6.07, 6.45) is -5.75. The van der Waals surface area contributed by atoms with Crippen molar-refractivity contribution in [2.45, 2.75) is 37.6 Å². The van der Waals surface area contributed by atoms with Gasteiger partial charge in [0.1, 0.15) is 29.6 Å². The molecule has 0 aliphatic carbocycles. The molecule has 0 spiro atoms. The average Bonchev–Trinajstić information content (AvgIpc) is 2.88. The Hall–Kier alpha value is -3.06. The number of carboxylic acid groups (broad SMARTS) is 1. The number of carboxylic acids is 1. The Labute approximate surface area is 208 Å². The lowest BCUT2D eigenvalue weighted by atomic mass is 10.0. The molecule has 1 aliphatic heterocycles. The van der Waals surface area contributed by atoms with Gasteiger partial charge in [-0.3, -0.25) is 4.79 Å². The van der Waals surface area contributed by atoms with E-state index in [1.807, 2.05) is 30.3 Å². The third kappa shape index (κ3) is 7.23. The number of para-hydroxylation sites is 1. The van der Waals surface area contributed by atoms with Gasteiger partial charge < -0.3 is 44.7 Å². The van der Waals surface area contributed by atoms with E-state index in [0.717, 1.165) is 5.56 Å². The number of nitrogens with one attached hydrogen (secondary N) is 1. The van der Waals surface area contributed by atoms with Crippen LogP contribution in [0.3, 0.4) is 0 Å². The second-order valence-corrected chi connectivity index (χ2v) is 8.16. The van der Waals surface area contributed by atoms with E-state index in [9.17, 15) is 30.0 Å². The summed E-state index contributed by atoms with van der Waals surface area (Å²) in [4.78, 5) is 23.9. The normalized spacial score (nSPS) is 23.7. The molecule has 196 valence electrons. The predicted molar refractivity (Wildman–Crippen MR) is 126 cm³/mol. The molecule has 0 radical (unpaired) electrons. The van der Waals surface area contributed by atoms with Gasteiger partial charge in [-0.1, -0.05) is 42.5 Å². The van der Waals surface area contributed by atoms with Crippen molar-refractivity contribution in [1.29, 1.82) is 0 Å². The number of aromatic carboxylic acids is 1. The maximum absolute atomic E-state index is 12.2. The smallest absolute Gasteiger partial charge is 0.339 e. The minimum absolute atomic E-state index is 0.0454. The van der Waals surface area contributed by atoms with Gasteiger partial charge in [-0.15, -0.1) is 0 Å². The molecule has 2 aromatic carbocycles. The summed E-state index contributed by atoms with van der Waals surface area (Å²) in [6, 6.07) is 13.9. The van der Waals surface area contributed by atoms with Crippen LogP contribution in [0.5, 0.6) is 5.75 Å². The lowest BCUT2D eigenvalue weighted by molar-refractivity contribution is -0.294. The Balaban J connectivity index is 1.39. The van der Waals surface area contributed by atoms with E-state index < -0.39 is 42.6 Å². The lowest BCUT2D eigenvalue weighted by Gasteiger charge is -2.38. The molecular weight excluding hydrogens is 474 g/mol. The quantitative estimate of drug-likeness (QED) is 0.255. The van der Waals surface area contributed by atoms with E-state index in [1.165, 1.54) is 6.07 Å². The first-order valence-electron chi connectivity index (χ1n) is 11.5. The minimum Gasteiger partial charge on any atom is -0.482 e. The summed E-state index contributed by atoms with van der Waals surface area (Å²) in [5, 5.41) is 41.5. The van der Waals surface area contributed by atoms with Crippen LogP contribution in [-0.4, -0.2) is 96.0 Å². The van der Waals surface area contributed by atoms with Crippen molar-refractivity contribution in [3.63, 3.8) is 0 Å². The summed E-state index contributed by atoms with van der Waals surface area (Å²) in [5.74, 6) is -1.50. The SMILES string of the molecule is C[C@@H]1O[C@@H](OCCOCCNC(=O)COc2c(C(=O)O)cccc2-c2ccccc2)[C@H](O)[C@H](O)[C@H]1O. The first-order valence-corrected chi connectivity index (χ1v) is 11.5. The Kier molecular flexibility index (Phi) is 10.2. The molecule has 0 unspecified atom stereocenters. The Bertz CT molecular complexity index is 1000. The van der Waals surface area contributed by atoms with Crippen molar-refractivity contribution in [2.75, 3.05) is 33.0 Å². The number of hydrogen-bond donors (Lipinski definition) is 5. The van der Waals surface area contributed by atoms with Gasteiger partial charge in [0.2, 0.25) is 0 Å². The maximum Gasteiger partial charge on any atom is 0.339 e. The molecule has 3 rings (SSSR count). The number of carbonyl (C=O) groups excluding carboxylic acids is 1. The highest BCUT2D eigenvalue weighted by atomic mass is 16.7. The summed E-state index contributed by atoms with van der Waals surface area (Å²) >= 11 is 0. The van der Waals surface area contributed by atoms with Crippen LogP contribution >= 0.6 is 0 Å². The average molecular weight is 506 g/mol. The zero-order chi connectivity index (χ0) is 26.1. The summed E-state index contributed by atoms with van der Waals surface area (Å²) in [7, 11) is 0. The highest BCUT2D eigenvalue weighted by Gasteiger charge is 2.42. The number of benzene rings is 2. The van der Waals surface area contributed by atoms with Gasteiger partial charge in [-0.2, -0.15) is 0 Å². The molecule has 5 N–H and O–H groups in total. The fourth-order valence-electron chi connectivity index (χ4n) is 3.63. The number of amides is 1. The van der Waals surface area contributed by atoms with Gasteiger partial charge in [0.25, 0.3) is 5.91 Å². The number of rotatable bonds is 12. The zero-order valence-electron chi connectivity index (χ0n) is 19.8. The molecule has 1 amide bonds. The molecule has 1 fully saturated rings. The van der Waals surface area contributed by atoms with E-state index in [2.05, 4.69) is 5.32 Å². The minimum atomic E-state index is -1.39. The van der Waals surface area contributed by atoms with Gasteiger partial charge in [0.05, 0.1) is 25.9 Å². The van der Waals surface area contributed by atoms with E-state index in [-0.39, 0.29) is 44.3 Å². The van der Waals surface area contributed by atoms with Crippen LogP contribution in [0, 0.1) is 0 Å². The zero-order valence-corrected chi connectivity index (χ0v) is 19.8. The second-order valence-electron chi connectivity index (χ2n) is 8.16. The predicted octanol–water partition coefficient (Wildman–Crippen LogP) is 0.408. The van der Waals surface area contributed by atoms with Crippen molar-refractivity contribution >= 4 is 11.9 Å². The van der Waals surface area contributed by atoms with E-state index in [0.29, 0.717) is 5.56 Å². The number of aliphatic hydroxyl groups excluding tert-OH is 3. The van der Waals surface area contributed by atoms with Gasteiger partial charge in [-0.05, 0) is 18.6 Å². The molecule has 0 aromatic heterocycles. The molecule has 2 aromatic rings. The largest absolute Gasteiger partial charge is 0.482 e. The first-order chi connectivity index (χ1) is 17.3. The van der Waals surface area contributed by atoms with Crippen molar-refractivity contribution in [3.8, 4) is 16.9 Å². The van der Waals surface area contributed by atoms with Crippen molar-refractivity contribution in [3.05, 3.63) is 54.1 Å². The standard InChI is InChI=1S/C25H31NO10/c1-15-20(28)21(29)22(30)25(36-15)34-13-12-33-11-10-26-19(27)14-35-23-17(16-6-3-2-4-7-16)8-5-9-18(23)24(31)32/h2-9,15,20-22,25,28-30H,10-14H2,1H3,(H,26,27)(H,31,32)/t15-,20-,21+,22+,25+/m0/s1. The molecule has 36 heavy (non-hydrogen) atoms. The van der Waals surface area contributed by atoms with Crippen molar-refractivity contribution in [2.24, 2.45) is 0 Å². The van der Waals surface area contributed by atoms with Crippen LogP contribution in [0.1, 0.15) is 17.3 Å². The Morgan fingerprint density at radius 2 is 1.69 bits per heavy atom. The molecule has 11 heteroatoms. The van der Waals surface area contributed by atoms with Crippen molar-refractivity contribution in [1.82, 2.24) is 5.32 Å². The van der Waals surface area contributed by atoms with E-state index >= 15 is 0 Å². The fourth-order valence-corrected chi connectivity index (χ4v) is 3.63. The third-order valence-electron chi connectivity index (χ3n) is 5.56. The number of hydrogen-bond acceptors (Lipinski definition) is 9. The molecule has 11 nitrogen and oxygen atoms in total. The highest BCUT2D eigenvalue weighted by molar-refractivity contribution is 5.94. The summed E-state index contributed by atoms with van der Waals surface area (Å²) in [5.41, 5.74) is 1.28. The molecule has 1 aliphatic rings. The molecular formula is C25H31NO10. The number of aliphatic hydroxyl groups is 3. The van der Waals surface area contributed by atoms with Crippen molar-refractivity contribution < 1.29 is 49.0 Å². The van der Waals surface area contributed by atoms with Crippen LogP contribution in [0.2, 0.25) is 0 Å². The van der Waals surface area contributed by atoms with Gasteiger partial charge in [0.15, 0.2) is 12.9 Å². The number of ether oxygens (including phenoxy) is 4. The van der Waals surface area contributed by atoms with Crippen LogP contribution < -0.4 is 10.1 Å². The lowest BCUT2D eigenvalue weighted by Crippen LogP contribution is -2.57. The summed E-state index contributed by atoms with van der Waals surface area (Å²) in [6.45, 7) is 1.72.